The number of methoxy groups -OCH3 is 6. The molecule has 0 radical (unpaired) electrons. The Bertz CT molecular complexity index is 2620. The molecule has 14 nitrogen and oxygen atoms in total. The van der Waals surface area contributed by atoms with Gasteiger partial charge in [0, 0.05) is 23.2 Å². The minimum absolute atomic E-state index is 0.0157. The van der Waals surface area contributed by atoms with Gasteiger partial charge in [0.05, 0.1) is 64.5 Å². The van der Waals surface area contributed by atoms with Crippen LogP contribution < -0.4 is 55.2 Å². The Hall–Kier alpha value is -5.42. The summed E-state index contributed by atoms with van der Waals surface area (Å²) < 4.78 is 34.0. The first-order valence-corrected chi connectivity index (χ1v) is 23.9. The molecule has 65 heavy (non-hydrogen) atoms. The van der Waals surface area contributed by atoms with Crippen LogP contribution in [0.2, 0.25) is 0 Å². The quantitative estimate of drug-likeness (QED) is 0.108. The van der Waals surface area contributed by atoms with E-state index in [1.54, 1.807) is 54.8 Å². The number of nitrogens with zero attached hydrogens (tertiary/aromatic N) is 1. The molecule has 2 aliphatic heterocycles. The van der Waals surface area contributed by atoms with E-state index in [0.29, 0.717) is 70.0 Å². The molecule has 5 unspecified atom stereocenters. The van der Waals surface area contributed by atoms with Crippen molar-refractivity contribution in [2.45, 2.75) is 85.6 Å². The third kappa shape index (κ3) is 9.22. The van der Waals surface area contributed by atoms with Gasteiger partial charge in [0.2, 0.25) is 23.3 Å². The van der Waals surface area contributed by atoms with Gasteiger partial charge in [-0.2, -0.15) is 0 Å². The van der Waals surface area contributed by atoms with Crippen LogP contribution in [0.5, 0.6) is 34.5 Å². The Morgan fingerprint density at radius 1 is 0.631 bits per heavy atom. The highest BCUT2D eigenvalue weighted by atomic mass is 32.2. The van der Waals surface area contributed by atoms with E-state index >= 15 is 0 Å². The van der Waals surface area contributed by atoms with Gasteiger partial charge in [0.1, 0.15) is 12.1 Å². The second-order valence-corrected chi connectivity index (χ2v) is 18.1. The smallest absolute Gasteiger partial charge is 0.239 e. The van der Waals surface area contributed by atoms with Gasteiger partial charge in [-0.1, -0.05) is 12.1 Å². The maximum Gasteiger partial charge on any atom is 0.239 e. The Morgan fingerprint density at radius 3 is 1.37 bits per heavy atom. The molecule has 346 valence electrons. The van der Waals surface area contributed by atoms with E-state index in [1.165, 1.54) is 23.5 Å². The van der Waals surface area contributed by atoms with E-state index in [1.807, 2.05) is 74.7 Å². The van der Waals surface area contributed by atoms with Crippen molar-refractivity contribution in [3.8, 4) is 56.8 Å². The second-order valence-electron chi connectivity index (χ2n) is 16.4. The molecule has 0 aromatic heterocycles. The van der Waals surface area contributed by atoms with Crippen molar-refractivity contribution in [3.63, 3.8) is 0 Å². The molecule has 2 aliphatic carbocycles. The summed E-state index contributed by atoms with van der Waals surface area (Å²) in [6, 6.07) is 14.2. The molecule has 3 N–H and O–H groups in total. The number of amides is 2. The normalized spacial score (nSPS) is 22.0. The van der Waals surface area contributed by atoms with E-state index in [0.717, 1.165) is 44.5 Å². The lowest BCUT2D eigenvalue weighted by atomic mass is 9.95. The molecule has 4 aliphatic rings. The van der Waals surface area contributed by atoms with Crippen molar-refractivity contribution >= 4 is 35.3 Å². The molecule has 2 amide bonds. The number of hydrogen-bond acceptors (Lipinski definition) is 14. The molecule has 2 heterocycles. The predicted molar refractivity (Wildman–Crippen MR) is 255 cm³/mol. The third-order valence-corrected chi connectivity index (χ3v) is 14.5. The highest BCUT2D eigenvalue weighted by Gasteiger charge is 2.47. The highest BCUT2D eigenvalue weighted by molar-refractivity contribution is 7.98. The van der Waals surface area contributed by atoms with Crippen LogP contribution in [0.3, 0.4) is 0 Å². The molecule has 16 heteroatoms. The fraction of sp³-hybridized carbons (Fsp3) is 0.429. The number of aryl methyl sites for hydroxylation is 2. The lowest BCUT2D eigenvalue weighted by molar-refractivity contribution is -0.122. The standard InChI is InChI=1S/C25H30N2O5S.C24H28N2O5S/c1-13-22(27(13)2)25(29)26-17-9-7-14-11-19(30-3)23(31-4)24(32-5)21(14)15-8-10-20(33-6)18(28)12-16(15)17;1-12-21(25-12)24(28)26-16-8-6-13-10-18(29-2)22(30-3)23(31-4)20(13)14-7-9-19(32-5)17(27)11-15(14)16/h8,10-13,17,22H,7,9H2,1-6H3,(H,26,29);7,9-12,16,21,25H,6,8H2,1-5H3,(H,26,28)/t13?,17-,22?,27?;12?,16-,21?/m00/s1. The molecular weight excluding hydrogens is 869 g/mol. The number of ether oxygens (including phenoxy) is 6. The summed E-state index contributed by atoms with van der Waals surface area (Å²) in [5.74, 6) is 3.20. The van der Waals surface area contributed by atoms with Gasteiger partial charge in [-0.3, -0.25) is 29.4 Å². The maximum absolute atomic E-state index is 13.0. The number of nitrogens with one attached hydrogen (secondary N) is 3. The summed E-state index contributed by atoms with van der Waals surface area (Å²) in [5.41, 5.74) is 6.87. The number of rotatable bonds is 12. The van der Waals surface area contributed by atoms with Crippen LogP contribution in [0.15, 0.2) is 67.9 Å². The molecule has 2 saturated heterocycles. The van der Waals surface area contributed by atoms with Crippen LogP contribution >= 0.6 is 23.5 Å². The second kappa shape index (κ2) is 20.0. The van der Waals surface area contributed by atoms with Gasteiger partial charge >= 0.3 is 0 Å². The highest BCUT2D eigenvalue weighted by Crippen LogP contribution is 2.52. The van der Waals surface area contributed by atoms with E-state index in [4.69, 9.17) is 28.4 Å². The lowest BCUT2D eigenvalue weighted by Gasteiger charge is -2.20. The largest absolute Gasteiger partial charge is 0.493 e. The first-order chi connectivity index (χ1) is 31.3. The molecule has 4 aromatic carbocycles. The van der Waals surface area contributed by atoms with Crippen molar-refractivity contribution in [2.24, 2.45) is 0 Å². The summed E-state index contributed by atoms with van der Waals surface area (Å²) in [4.78, 5) is 55.0. The summed E-state index contributed by atoms with van der Waals surface area (Å²) >= 11 is 2.81. The zero-order chi connectivity index (χ0) is 46.9. The van der Waals surface area contributed by atoms with Crippen LogP contribution in [0.25, 0.3) is 22.3 Å². The Balaban J connectivity index is 0.000000194. The van der Waals surface area contributed by atoms with Gasteiger partial charge < -0.3 is 39.1 Å². The van der Waals surface area contributed by atoms with Crippen molar-refractivity contribution < 1.29 is 38.0 Å². The van der Waals surface area contributed by atoms with Crippen molar-refractivity contribution in [3.05, 3.63) is 91.2 Å². The number of fused-ring (bicyclic) bond motifs is 6. The van der Waals surface area contributed by atoms with Gasteiger partial charge in [0.25, 0.3) is 0 Å². The van der Waals surface area contributed by atoms with Gasteiger partial charge in [-0.15, -0.1) is 23.5 Å². The fourth-order valence-electron chi connectivity index (χ4n) is 9.18. The van der Waals surface area contributed by atoms with Crippen LogP contribution in [-0.2, 0) is 22.4 Å². The Kier molecular flexibility index (Phi) is 14.6. The molecular formula is C49H58N4O10S2. The van der Waals surface area contributed by atoms with Crippen molar-refractivity contribution in [1.82, 2.24) is 20.9 Å². The molecule has 0 bridgehead atoms. The molecule has 0 spiro atoms. The van der Waals surface area contributed by atoms with Crippen LogP contribution in [-0.4, -0.2) is 103 Å². The molecule has 7 atom stereocenters. The first kappa shape index (κ1) is 47.5. The van der Waals surface area contributed by atoms with E-state index in [9.17, 15) is 19.2 Å². The Morgan fingerprint density at radius 2 is 1.03 bits per heavy atom. The van der Waals surface area contributed by atoms with Gasteiger partial charge in [0.15, 0.2) is 33.9 Å². The number of carbonyl (C=O) groups is 2. The minimum Gasteiger partial charge on any atom is -0.493 e. The number of carbonyl (C=O) groups excluding carboxylic acids is 2. The van der Waals surface area contributed by atoms with Crippen LogP contribution in [0, 0.1) is 0 Å². The number of benzene rings is 2. The van der Waals surface area contributed by atoms with E-state index in [2.05, 4.69) is 16.0 Å². The van der Waals surface area contributed by atoms with E-state index < -0.39 is 0 Å². The summed E-state index contributed by atoms with van der Waals surface area (Å²) in [6.45, 7) is 4.01. The van der Waals surface area contributed by atoms with E-state index in [-0.39, 0.29) is 58.9 Å². The monoisotopic (exact) mass is 926 g/mol. The number of likely N-dealkylation sites (N-methyl/N-ethyl adjacent to an activating group) is 1. The summed E-state index contributed by atoms with van der Waals surface area (Å²) in [5, 5.41) is 9.51. The van der Waals surface area contributed by atoms with Crippen LogP contribution in [0.4, 0.5) is 0 Å². The molecule has 8 rings (SSSR count). The predicted octanol–water partition coefficient (Wildman–Crippen LogP) is 6.19. The SMILES string of the molecule is COc1cc2c(c(OC)c1OC)-c1ccc(SC)c(=O)cc1[C@@H](NC(=O)C1C(C)N1C)CC2.COc1cc2c(c(OC)c1OC)-c1ccc(SC)c(=O)cc1[C@@H](NC(=O)C1NC1C)CC2. The zero-order valence-electron chi connectivity index (χ0n) is 38.8. The Labute approximate surface area is 388 Å². The molecule has 4 aromatic rings. The molecule has 0 saturated carbocycles. The summed E-state index contributed by atoms with van der Waals surface area (Å²) in [7, 11) is 11.5. The average Bonchev–Trinajstić information content (AvgIpc) is 4.23. The minimum atomic E-state index is -0.309. The lowest BCUT2D eigenvalue weighted by Crippen LogP contribution is -2.34. The average molecular weight is 927 g/mol. The van der Waals surface area contributed by atoms with Crippen LogP contribution in [0.1, 0.15) is 61.0 Å². The zero-order valence-corrected chi connectivity index (χ0v) is 40.4. The third-order valence-electron chi connectivity index (χ3n) is 12.9. The maximum atomic E-state index is 13.0. The van der Waals surface area contributed by atoms with Crippen molar-refractivity contribution in [1.29, 1.82) is 0 Å². The first-order valence-electron chi connectivity index (χ1n) is 21.5. The topological polar surface area (TPSA) is 173 Å². The van der Waals surface area contributed by atoms with Crippen molar-refractivity contribution in [2.75, 3.05) is 62.2 Å². The fourth-order valence-corrected chi connectivity index (χ4v) is 10.1. The van der Waals surface area contributed by atoms with Gasteiger partial charge in [-0.25, -0.2) is 0 Å². The number of hydrogen-bond donors (Lipinski definition) is 3. The molecule has 2 fully saturated rings. The van der Waals surface area contributed by atoms with Gasteiger partial charge in [-0.05, 0) is 129 Å². The summed E-state index contributed by atoms with van der Waals surface area (Å²) in [6.07, 6.45) is 6.40. The number of thioether (sulfide) groups is 2.